The Morgan fingerprint density at radius 2 is 2.12 bits per heavy atom. The van der Waals surface area contributed by atoms with Crippen molar-refractivity contribution in [2.24, 2.45) is 0 Å². The number of carbonyl (C=O) groups excluding carboxylic acids is 1. The summed E-state index contributed by atoms with van der Waals surface area (Å²) >= 11 is 6.36. The highest BCUT2D eigenvalue weighted by Gasteiger charge is 2.21. The Kier molecular flexibility index (Phi) is 6.75. The molecule has 3 aromatic rings. The Morgan fingerprint density at radius 3 is 2.85 bits per heavy atom. The van der Waals surface area contributed by atoms with Gasteiger partial charge in [-0.3, -0.25) is 4.79 Å². The second kappa shape index (κ2) is 9.72. The van der Waals surface area contributed by atoms with Gasteiger partial charge in [-0.05, 0) is 39.0 Å². The predicted octanol–water partition coefficient (Wildman–Crippen LogP) is 3.61. The summed E-state index contributed by atoms with van der Waals surface area (Å²) in [6.07, 6.45) is -0.376. The molecule has 0 unspecified atom stereocenters. The predicted molar refractivity (Wildman–Crippen MR) is 120 cm³/mol. The molecule has 1 atom stereocenters. The molecule has 0 bridgehead atoms. The van der Waals surface area contributed by atoms with Gasteiger partial charge in [-0.15, -0.1) is 0 Å². The zero-order valence-corrected chi connectivity index (χ0v) is 19.1. The first-order valence-electron chi connectivity index (χ1n) is 10.4. The third-order valence-corrected chi connectivity index (χ3v) is 5.04. The van der Waals surface area contributed by atoms with Gasteiger partial charge in [0, 0.05) is 35.5 Å². The topological polar surface area (TPSA) is 111 Å². The molecule has 1 aliphatic rings. The first kappa shape index (κ1) is 22.9. The SMILES string of the molecule is Cc1cc(-c2nc(-c3cc(F)c(OC[C@H]4CNC(=O)CO4)cc3Cl)no2)cc(NC(C)C)n1. The number of hydrogen-bond donors (Lipinski definition) is 2. The van der Waals surface area contributed by atoms with Crippen molar-refractivity contribution in [2.75, 3.05) is 25.1 Å². The molecule has 0 saturated carbocycles. The number of ether oxygens (including phenoxy) is 2. The summed E-state index contributed by atoms with van der Waals surface area (Å²) in [5.41, 5.74) is 1.73. The fourth-order valence-electron chi connectivity index (χ4n) is 3.24. The smallest absolute Gasteiger partial charge is 0.258 e. The lowest BCUT2D eigenvalue weighted by molar-refractivity contribution is -0.134. The summed E-state index contributed by atoms with van der Waals surface area (Å²) in [5.74, 6) is 0.221. The molecule has 2 aromatic heterocycles. The van der Waals surface area contributed by atoms with Crippen LogP contribution in [-0.4, -0.2) is 52.9 Å². The Labute approximate surface area is 194 Å². The molecule has 1 fully saturated rings. The maximum absolute atomic E-state index is 14.7. The van der Waals surface area contributed by atoms with Crippen LogP contribution in [-0.2, 0) is 9.53 Å². The number of benzene rings is 1. The van der Waals surface area contributed by atoms with E-state index in [-0.39, 0.29) is 59.3 Å². The van der Waals surface area contributed by atoms with Crippen LogP contribution >= 0.6 is 11.6 Å². The fourth-order valence-corrected chi connectivity index (χ4v) is 3.48. The summed E-state index contributed by atoms with van der Waals surface area (Å²) in [6.45, 7) is 6.19. The standard InChI is InChI=1S/C22H23ClFN5O4/c1-11(2)26-19-5-13(4-12(3)27-19)22-28-21(29-33-22)15-6-17(24)18(7-16(15)23)32-9-14-8-25-20(30)10-31-14/h4-7,11,14H,8-10H2,1-3H3,(H,25,30)(H,26,27)/t14-/m1/s1. The summed E-state index contributed by atoms with van der Waals surface area (Å²) in [7, 11) is 0. The highest BCUT2D eigenvalue weighted by Crippen LogP contribution is 2.33. The van der Waals surface area contributed by atoms with Crippen LogP contribution < -0.4 is 15.4 Å². The number of anilines is 1. The van der Waals surface area contributed by atoms with Crippen molar-refractivity contribution < 1.29 is 23.2 Å². The first-order chi connectivity index (χ1) is 15.8. The number of nitrogens with zero attached hydrogens (tertiary/aromatic N) is 3. The molecular formula is C22H23ClFN5O4. The average Bonchev–Trinajstić information content (AvgIpc) is 3.24. The van der Waals surface area contributed by atoms with Crippen LogP contribution in [0.15, 0.2) is 28.8 Å². The summed E-state index contributed by atoms with van der Waals surface area (Å²) in [4.78, 5) is 20.0. The zero-order valence-electron chi connectivity index (χ0n) is 18.3. The molecule has 1 aliphatic heterocycles. The molecule has 2 N–H and O–H groups in total. The number of morpholine rings is 1. The van der Waals surface area contributed by atoms with Gasteiger partial charge in [0.1, 0.15) is 25.1 Å². The zero-order chi connectivity index (χ0) is 23.5. The Bertz CT molecular complexity index is 1160. The Morgan fingerprint density at radius 1 is 1.30 bits per heavy atom. The van der Waals surface area contributed by atoms with Gasteiger partial charge in [-0.2, -0.15) is 4.98 Å². The molecule has 0 radical (unpaired) electrons. The monoisotopic (exact) mass is 475 g/mol. The molecule has 0 aliphatic carbocycles. The maximum atomic E-state index is 14.7. The van der Waals surface area contributed by atoms with Crippen LogP contribution in [0, 0.1) is 12.7 Å². The number of aromatic nitrogens is 3. The average molecular weight is 476 g/mol. The molecule has 9 nitrogen and oxygen atoms in total. The van der Waals surface area contributed by atoms with Crippen molar-refractivity contribution in [1.29, 1.82) is 0 Å². The van der Waals surface area contributed by atoms with E-state index in [2.05, 4.69) is 25.8 Å². The lowest BCUT2D eigenvalue weighted by atomic mass is 10.2. The van der Waals surface area contributed by atoms with Crippen molar-refractivity contribution in [3.05, 3.63) is 40.8 Å². The van der Waals surface area contributed by atoms with E-state index in [0.29, 0.717) is 17.9 Å². The van der Waals surface area contributed by atoms with Crippen molar-refractivity contribution in [2.45, 2.75) is 32.9 Å². The number of amides is 1. The Balaban J connectivity index is 1.52. The molecule has 1 amide bonds. The molecule has 1 saturated heterocycles. The first-order valence-corrected chi connectivity index (χ1v) is 10.8. The van der Waals surface area contributed by atoms with E-state index in [0.717, 1.165) is 5.69 Å². The lowest BCUT2D eigenvalue weighted by Gasteiger charge is -2.23. The van der Waals surface area contributed by atoms with E-state index < -0.39 is 5.82 Å². The molecular weight excluding hydrogens is 453 g/mol. The van der Waals surface area contributed by atoms with Gasteiger partial charge in [0.2, 0.25) is 11.7 Å². The summed E-state index contributed by atoms with van der Waals surface area (Å²) < 4.78 is 30.9. The number of aryl methyl sites for hydroxylation is 1. The van der Waals surface area contributed by atoms with Crippen LogP contribution in [0.2, 0.25) is 5.02 Å². The van der Waals surface area contributed by atoms with Gasteiger partial charge >= 0.3 is 0 Å². The Hall–Kier alpha value is -3.24. The number of halogens is 2. The molecule has 1 aromatic carbocycles. The second-order valence-corrected chi connectivity index (χ2v) is 8.32. The largest absolute Gasteiger partial charge is 0.488 e. The van der Waals surface area contributed by atoms with E-state index >= 15 is 0 Å². The van der Waals surface area contributed by atoms with Crippen molar-refractivity contribution in [3.8, 4) is 28.6 Å². The third kappa shape index (κ3) is 5.58. The van der Waals surface area contributed by atoms with E-state index in [1.807, 2.05) is 26.8 Å². The minimum absolute atomic E-state index is 0.0397. The summed E-state index contributed by atoms with van der Waals surface area (Å²) in [6, 6.07) is 6.37. The molecule has 3 heterocycles. The van der Waals surface area contributed by atoms with Crippen molar-refractivity contribution >= 4 is 23.3 Å². The van der Waals surface area contributed by atoms with E-state index in [1.165, 1.54) is 12.1 Å². The van der Waals surface area contributed by atoms with E-state index in [1.54, 1.807) is 6.07 Å². The number of hydrogen-bond acceptors (Lipinski definition) is 8. The molecule has 11 heteroatoms. The molecule has 174 valence electrons. The number of nitrogens with one attached hydrogen (secondary N) is 2. The second-order valence-electron chi connectivity index (χ2n) is 7.92. The maximum Gasteiger partial charge on any atom is 0.258 e. The number of rotatable bonds is 7. The van der Waals surface area contributed by atoms with E-state index in [9.17, 15) is 9.18 Å². The van der Waals surface area contributed by atoms with E-state index in [4.69, 9.17) is 25.6 Å². The lowest BCUT2D eigenvalue weighted by Crippen LogP contribution is -2.45. The van der Waals surface area contributed by atoms with Crippen molar-refractivity contribution in [1.82, 2.24) is 20.4 Å². The van der Waals surface area contributed by atoms with Gasteiger partial charge in [0.15, 0.2) is 11.6 Å². The van der Waals surface area contributed by atoms with Crippen LogP contribution in [0.5, 0.6) is 5.75 Å². The minimum atomic E-state index is -0.635. The molecule has 0 spiro atoms. The summed E-state index contributed by atoms with van der Waals surface area (Å²) in [5, 5.41) is 10.1. The van der Waals surface area contributed by atoms with Gasteiger partial charge in [-0.25, -0.2) is 9.37 Å². The van der Waals surface area contributed by atoms with Gasteiger partial charge < -0.3 is 24.6 Å². The number of carbonyl (C=O) groups is 1. The van der Waals surface area contributed by atoms with Crippen LogP contribution in [0.1, 0.15) is 19.5 Å². The minimum Gasteiger partial charge on any atom is -0.488 e. The van der Waals surface area contributed by atoms with Crippen LogP contribution in [0.25, 0.3) is 22.8 Å². The van der Waals surface area contributed by atoms with Gasteiger partial charge in [0.25, 0.3) is 5.89 Å². The highest BCUT2D eigenvalue weighted by atomic mass is 35.5. The van der Waals surface area contributed by atoms with Crippen molar-refractivity contribution in [3.63, 3.8) is 0 Å². The van der Waals surface area contributed by atoms with Crippen LogP contribution in [0.3, 0.4) is 0 Å². The fraction of sp³-hybridized carbons (Fsp3) is 0.364. The third-order valence-electron chi connectivity index (χ3n) is 4.73. The van der Waals surface area contributed by atoms with Crippen LogP contribution in [0.4, 0.5) is 10.2 Å². The highest BCUT2D eigenvalue weighted by molar-refractivity contribution is 6.33. The van der Waals surface area contributed by atoms with Gasteiger partial charge in [-0.1, -0.05) is 16.8 Å². The molecule has 33 heavy (non-hydrogen) atoms. The quantitative estimate of drug-likeness (QED) is 0.533. The van der Waals surface area contributed by atoms with Gasteiger partial charge in [0.05, 0.1) is 5.02 Å². The normalized spacial score (nSPS) is 16.1. The number of pyridine rings is 1. The molecule has 4 rings (SSSR count).